The third-order valence-corrected chi connectivity index (χ3v) is 8.75. The summed E-state index contributed by atoms with van der Waals surface area (Å²) >= 11 is 0. The van der Waals surface area contributed by atoms with Gasteiger partial charge in [0.1, 0.15) is 31.0 Å². The van der Waals surface area contributed by atoms with Crippen LogP contribution in [-0.4, -0.2) is 89.0 Å². The third kappa shape index (κ3) is 28.4. The number of ether oxygens (including phenoxy) is 4. The minimum absolute atomic E-state index is 0.169. The number of hydrogen-bond acceptors (Lipinski definition) is 10. The summed E-state index contributed by atoms with van der Waals surface area (Å²) in [7, 11) is 0. The molecular formula is C47H72O10. The van der Waals surface area contributed by atoms with Gasteiger partial charge in [-0.15, -0.1) is 0 Å². The van der Waals surface area contributed by atoms with Crippen molar-refractivity contribution >= 4 is 11.9 Å². The van der Waals surface area contributed by atoms with Crippen LogP contribution in [0.5, 0.6) is 0 Å². The number of hydrogen-bond donors (Lipinski definition) is 4. The van der Waals surface area contributed by atoms with E-state index in [0.717, 1.165) is 77.0 Å². The van der Waals surface area contributed by atoms with E-state index in [0.29, 0.717) is 12.8 Å². The van der Waals surface area contributed by atoms with E-state index in [1.165, 1.54) is 0 Å². The first kappa shape index (κ1) is 51.4. The highest BCUT2D eigenvalue weighted by atomic mass is 16.7. The maximum atomic E-state index is 12.7. The quantitative estimate of drug-likeness (QED) is 0.0226. The molecule has 320 valence electrons. The molecule has 1 aliphatic heterocycles. The van der Waals surface area contributed by atoms with E-state index in [4.69, 9.17) is 18.9 Å². The Labute approximate surface area is 342 Å². The minimum Gasteiger partial charge on any atom is -0.462 e. The Kier molecular flexibility index (Phi) is 33.1. The number of unbranched alkanes of at least 4 members (excludes halogenated alkanes) is 6. The summed E-state index contributed by atoms with van der Waals surface area (Å²) in [5, 5.41) is 40.0. The molecule has 57 heavy (non-hydrogen) atoms. The highest BCUT2D eigenvalue weighted by molar-refractivity contribution is 5.70. The van der Waals surface area contributed by atoms with Crippen molar-refractivity contribution < 1.29 is 49.0 Å². The van der Waals surface area contributed by atoms with Crippen molar-refractivity contribution in [3.05, 3.63) is 109 Å². The van der Waals surface area contributed by atoms with Gasteiger partial charge in [-0.1, -0.05) is 136 Å². The summed E-state index contributed by atoms with van der Waals surface area (Å²) in [5.41, 5.74) is 0. The van der Waals surface area contributed by atoms with Crippen molar-refractivity contribution in [2.75, 3.05) is 19.8 Å². The van der Waals surface area contributed by atoms with Crippen LogP contribution in [0.4, 0.5) is 0 Å². The Balaban J connectivity index is 2.41. The molecular weight excluding hydrogens is 725 g/mol. The number of aliphatic hydroxyl groups excluding tert-OH is 4. The molecule has 10 nitrogen and oxygen atoms in total. The van der Waals surface area contributed by atoms with Crippen molar-refractivity contribution in [2.45, 2.75) is 153 Å². The van der Waals surface area contributed by atoms with Crippen LogP contribution in [0.3, 0.4) is 0 Å². The van der Waals surface area contributed by atoms with Crippen LogP contribution in [0.15, 0.2) is 109 Å². The van der Waals surface area contributed by atoms with Gasteiger partial charge in [0.05, 0.1) is 13.2 Å². The maximum Gasteiger partial charge on any atom is 0.306 e. The molecule has 4 N–H and O–H groups in total. The molecule has 0 aromatic heterocycles. The fourth-order valence-electron chi connectivity index (χ4n) is 5.46. The summed E-state index contributed by atoms with van der Waals surface area (Å²) in [6, 6.07) is 0. The summed E-state index contributed by atoms with van der Waals surface area (Å²) in [6.45, 7) is 3.05. The van der Waals surface area contributed by atoms with Gasteiger partial charge in [0.2, 0.25) is 0 Å². The molecule has 1 heterocycles. The van der Waals surface area contributed by atoms with E-state index in [1.807, 2.05) is 36.5 Å². The molecule has 0 aromatic rings. The lowest BCUT2D eigenvalue weighted by Crippen LogP contribution is -2.59. The van der Waals surface area contributed by atoms with Crippen LogP contribution in [0.1, 0.15) is 117 Å². The largest absolute Gasteiger partial charge is 0.462 e. The Morgan fingerprint density at radius 1 is 0.561 bits per heavy atom. The van der Waals surface area contributed by atoms with Gasteiger partial charge < -0.3 is 39.4 Å². The molecule has 0 amide bonds. The smallest absolute Gasteiger partial charge is 0.306 e. The highest BCUT2D eigenvalue weighted by Crippen LogP contribution is 2.22. The zero-order valence-corrected chi connectivity index (χ0v) is 34.5. The fourth-order valence-corrected chi connectivity index (χ4v) is 5.46. The van der Waals surface area contributed by atoms with Crippen molar-refractivity contribution in [3.63, 3.8) is 0 Å². The molecule has 1 fully saturated rings. The predicted octanol–water partition coefficient (Wildman–Crippen LogP) is 8.55. The second kappa shape index (κ2) is 36.7. The topological polar surface area (TPSA) is 152 Å². The molecule has 3 unspecified atom stereocenters. The summed E-state index contributed by atoms with van der Waals surface area (Å²) in [6.07, 6.45) is 42.4. The Hall–Kier alpha value is -3.64. The summed E-state index contributed by atoms with van der Waals surface area (Å²) in [4.78, 5) is 25.3. The second-order valence-electron chi connectivity index (χ2n) is 13.8. The standard InChI is InChI=1S/C47H72O10/c1-3-5-7-9-11-13-15-17-18-19-20-21-22-24-25-27-29-31-33-35-42(49)54-38-40(39-55-47-46(53)45(52)44(51)41(37-48)57-47)56-43(50)36-34-32-30-28-26-23-16-14-12-10-8-6-4-2/h5-8,10-14,16-18,20-21,23-26,40-41,44-48,51-53H,3-4,9,15,19,22,27-39H2,1-2H3/b7-5+,8-6+,12-10+,13-11+,16-14+,18-17+,21-20+,25-24+,26-23+/t40?,41-,44+,45?,46?,47-/m0/s1. The second-order valence-corrected chi connectivity index (χ2v) is 13.8. The van der Waals surface area contributed by atoms with Crippen molar-refractivity contribution in [1.29, 1.82) is 0 Å². The van der Waals surface area contributed by atoms with Crippen LogP contribution < -0.4 is 0 Å². The molecule has 1 saturated heterocycles. The van der Waals surface area contributed by atoms with Gasteiger partial charge in [-0.25, -0.2) is 0 Å². The highest BCUT2D eigenvalue weighted by Gasteiger charge is 2.44. The molecule has 0 radical (unpaired) electrons. The number of allylic oxidation sites excluding steroid dienone is 18. The normalized spacial score (nSPS) is 21.4. The van der Waals surface area contributed by atoms with E-state index in [-0.39, 0.29) is 26.1 Å². The van der Waals surface area contributed by atoms with Gasteiger partial charge in [-0.3, -0.25) is 9.59 Å². The Morgan fingerprint density at radius 2 is 1.07 bits per heavy atom. The first-order valence-electron chi connectivity index (χ1n) is 21.0. The number of aliphatic hydroxyl groups is 4. The molecule has 0 aromatic carbocycles. The zero-order chi connectivity index (χ0) is 41.6. The van der Waals surface area contributed by atoms with E-state index >= 15 is 0 Å². The molecule has 0 bridgehead atoms. The first-order valence-corrected chi connectivity index (χ1v) is 21.0. The minimum atomic E-state index is -1.61. The maximum absolute atomic E-state index is 12.7. The van der Waals surface area contributed by atoms with Gasteiger partial charge in [-0.2, -0.15) is 0 Å². The van der Waals surface area contributed by atoms with Crippen molar-refractivity contribution in [2.24, 2.45) is 0 Å². The first-order chi connectivity index (χ1) is 27.8. The lowest BCUT2D eigenvalue weighted by Gasteiger charge is -2.39. The van der Waals surface area contributed by atoms with Crippen LogP contribution >= 0.6 is 0 Å². The van der Waals surface area contributed by atoms with Crippen LogP contribution in [0.25, 0.3) is 0 Å². The number of rotatable bonds is 32. The lowest BCUT2D eigenvalue weighted by atomic mass is 9.99. The van der Waals surface area contributed by atoms with Crippen molar-refractivity contribution in [1.82, 2.24) is 0 Å². The molecule has 1 rings (SSSR count). The lowest BCUT2D eigenvalue weighted by molar-refractivity contribution is -0.305. The van der Waals surface area contributed by atoms with Gasteiger partial charge in [0.15, 0.2) is 12.4 Å². The Bertz CT molecular complexity index is 1290. The average Bonchev–Trinajstić information content (AvgIpc) is 3.21. The molecule has 0 spiro atoms. The molecule has 0 saturated carbocycles. The molecule has 1 aliphatic rings. The van der Waals surface area contributed by atoms with Crippen LogP contribution in [0, 0.1) is 0 Å². The van der Waals surface area contributed by atoms with Gasteiger partial charge in [0, 0.05) is 12.8 Å². The SMILES string of the molecule is CC/C=C/C=C/C=C/C=C/CCCCCC(=O)OC(COC(=O)CCCCC/C=C/C/C=C/C/C=C/C/C=C/C/C=C/CC)CO[C@H]1O[C@@H](CO)[C@@H](O)C(O)C1O. The van der Waals surface area contributed by atoms with E-state index in [9.17, 15) is 30.0 Å². The van der Waals surface area contributed by atoms with E-state index in [2.05, 4.69) is 86.8 Å². The Morgan fingerprint density at radius 3 is 1.65 bits per heavy atom. The molecule has 10 heteroatoms. The fraction of sp³-hybridized carbons (Fsp3) is 0.574. The number of carbonyl (C=O) groups is 2. The van der Waals surface area contributed by atoms with Crippen LogP contribution in [0.2, 0.25) is 0 Å². The van der Waals surface area contributed by atoms with Crippen LogP contribution in [-0.2, 0) is 28.5 Å². The van der Waals surface area contributed by atoms with Crippen molar-refractivity contribution in [3.8, 4) is 0 Å². The summed E-state index contributed by atoms with van der Waals surface area (Å²) < 4.78 is 22.0. The third-order valence-electron chi connectivity index (χ3n) is 8.75. The number of esters is 2. The zero-order valence-electron chi connectivity index (χ0n) is 34.5. The van der Waals surface area contributed by atoms with Gasteiger partial charge in [0.25, 0.3) is 0 Å². The number of carbonyl (C=O) groups excluding carboxylic acids is 2. The van der Waals surface area contributed by atoms with Gasteiger partial charge in [-0.05, 0) is 77.0 Å². The summed E-state index contributed by atoms with van der Waals surface area (Å²) in [5.74, 6) is -0.906. The van der Waals surface area contributed by atoms with E-state index < -0.39 is 55.4 Å². The van der Waals surface area contributed by atoms with Gasteiger partial charge >= 0.3 is 11.9 Å². The molecule has 0 aliphatic carbocycles. The average molecular weight is 797 g/mol. The monoisotopic (exact) mass is 797 g/mol. The molecule has 6 atom stereocenters. The van der Waals surface area contributed by atoms with E-state index in [1.54, 1.807) is 0 Å². The predicted molar refractivity (Wildman–Crippen MR) is 228 cm³/mol.